The molecule has 1 aliphatic heterocycles. The molecule has 1 aliphatic rings. The third-order valence-corrected chi connectivity index (χ3v) is 4.05. The Kier molecular flexibility index (Phi) is 4.05. The number of rotatable bonds is 4. The SMILES string of the molecule is Cc1ccc2c3c(ccc2n1)OC[C@@H](COCc1ccccc1)O3. The van der Waals surface area contributed by atoms with E-state index in [4.69, 9.17) is 14.2 Å². The van der Waals surface area contributed by atoms with Gasteiger partial charge in [-0.15, -0.1) is 0 Å². The lowest BCUT2D eigenvalue weighted by Crippen LogP contribution is -2.33. The van der Waals surface area contributed by atoms with E-state index in [0.717, 1.165) is 33.7 Å². The van der Waals surface area contributed by atoms with Crippen molar-refractivity contribution in [3.63, 3.8) is 0 Å². The van der Waals surface area contributed by atoms with Gasteiger partial charge in [0, 0.05) is 11.1 Å². The van der Waals surface area contributed by atoms with Crippen LogP contribution in [0.1, 0.15) is 11.3 Å². The van der Waals surface area contributed by atoms with Crippen LogP contribution in [0.15, 0.2) is 54.6 Å². The molecule has 2 heterocycles. The first-order valence-electron chi connectivity index (χ1n) is 8.11. The number of aryl methyl sites for hydroxylation is 1. The Morgan fingerprint density at radius 2 is 1.96 bits per heavy atom. The van der Waals surface area contributed by atoms with Crippen LogP contribution in [0, 0.1) is 6.92 Å². The molecule has 0 bridgehead atoms. The average Bonchev–Trinajstić information content (AvgIpc) is 2.62. The van der Waals surface area contributed by atoms with E-state index in [9.17, 15) is 0 Å². The summed E-state index contributed by atoms with van der Waals surface area (Å²) in [5.41, 5.74) is 3.06. The van der Waals surface area contributed by atoms with Crippen molar-refractivity contribution in [1.29, 1.82) is 0 Å². The monoisotopic (exact) mass is 321 g/mol. The van der Waals surface area contributed by atoms with Crippen LogP contribution >= 0.6 is 0 Å². The van der Waals surface area contributed by atoms with E-state index in [1.807, 2.05) is 49.4 Å². The summed E-state index contributed by atoms with van der Waals surface area (Å²) < 4.78 is 17.8. The lowest BCUT2D eigenvalue weighted by atomic mass is 10.1. The molecule has 1 aromatic heterocycles. The van der Waals surface area contributed by atoms with Crippen LogP contribution in [-0.2, 0) is 11.3 Å². The second kappa shape index (κ2) is 6.49. The van der Waals surface area contributed by atoms with Gasteiger partial charge < -0.3 is 14.2 Å². The van der Waals surface area contributed by atoms with Gasteiger partial charge in [-0.3, -0.25) is 4.98 Å². The van der Waals surface area contributed by atoms with Gasteiger partial charge >= 0.3 is 0 Å². The third-order valence-electron chi connectivity index (χ3n) is 4.05. The van der Waals surface area contributed by atoms with Gasteiger partial charge in [0.15, 0.2) is 17.6 Å². The molecule has 0 aliphatic carbocycles. The molecule has 3 aromatic rings. The highest BCUT2D eigenvalue weighted by molar-refractivity contribution is 5.88. The summed E-state index contributed by atoms with van der Waals surface area (Å²) in [6.45, 7) is 3.54. The maximum Gasteiger partial charge on any atom is 0.171 e. The summed E-state index contributed by atoms with van der Waals surface area (Å²) in [6.07, 6.45) is -0.117. The highest BCUT2D eigenvalue weighted by Gasteiger charge is 2.23. The second-order valence-corrected chi connectivity index (χ2v) is 5.96. The largest absolute Gasteiger partial charge is 0.486 e. The van der Waals surface area contributed by atoms with E-state index in [2.05, 4.69) is 17.1 Å². The molecule has 4 rings (SSSR count). The van der Waals surface area contributed by atoms with E-state index >= 15 is 0 Å². The number of hydrogen-bond acceptors (Lipinski definition) is 4. The molecule has 1 atom stereocenters. The van der Waals surface area contributed by atoms with Gasteiger partial charge in [0.1, 0.15) is 6.61 Å². The summed E-state index contributed by atoms with van der Waals surface area (Å²) in [5.74, 6) is 1.53. The maximum atomic E-state index is 6.13. The lowest BCUT2D eigenvalue weighted by molar-refractivity contribution is 0.00373. The normalized spacial score (nSPS) is 16.3. The molecule has 0 N–H and O–H groups in total. The number of benzene rings is 2. The first kappa shape index (κ1) is 15.0. The number of hydrogen-bond donors (Lipinski definition) is 0. The fraction of sp³-hybridized carbons (Fsp3) is 0.250. The van der Waals surface area contributed by atoms with Crippen LogP contribution in [0.2, 0.25) is 0 Å². The standard InChI is InChI=1S/C20H19NO3/c1-14-7-8-17-18(21-14)9-10-19-20(17)24-16(13-23-19)12-22-11-15-5-3-2-4-6-15/h2-10,16H,11-13H2,1H3/t16-/m1/s1. The fourth-order valence-corrected chi connectivity index (χ4v) is 2.84. The summed E-state index contributed by atoms with van der Waals surface area (Å²) in [4.78, 5) is 4.54. The molecule has 4 heteroatoms. The number of ether oxygens (including phenoxy) is 3. The third kappa shape index (κ3) is 3.05. The van der Waals surface area contributed by atoms with Crippen LogP contribution in [0.25, 0.3) is 10.9 Å². The van der Waals surface area contributed by atoms with Gasteiger partial charge in [-0.25, -0.2) is 0 Å². The Bertz CT molecular complexity index is 848. The van der Waals surface area contributed by atoms with Crippen LogP contribution < -0.4 is 9.47 Å². The number of aromatic nitrogens is 1. The van der Waals surface area contributed by atoms with E-state index in [1.54, 1.807) is 0 Å². The van der Waals surface area contributed by atoms with Gasteiger partial charge in [-0.2, -0.15) is 0 Å². The predicted molar refractivity (Wildman–Crippen MR) is 92.5 cm³/mol. The van der Waals surface area contributed by atoms with E-state index in [1.165, 1.54) is 0 Å². The minimum absolute atomic E-state index is 0.117. The number of fused-ring (bicyclic) bond motifs is 3. The van der Waals surface area contributed by atoms with Crippen molar-refractivity contribution in [2.75, 3.05) is 13.2 Å². The summed E-state index contributed by atoms with van der Waals surface area (Å²) in [5, 5.41) is 0.978. The molecule has 0 saturated carbocycles. The molecular formula is C20H19NO3. The molecular weight excluding hydrogens is 302 g/mol. The molecule has 0 unspecified atom stereocenters. The van der Waals surface area contributed by atoms with Gasteiger partial charge in [0.2, 0.25) is 0 Å². The summed E-state index contributed by atoms with van der Waals surface area (Å²) in [6, 6.07) is 18.0. The van der Waals surface area contributed by atoms with Gasteiger partial charge in [0.25, 0.3) is 0 Å². The first-order chi connectivity index (χ1) is 11.8. The summed E-state index contributed by atoms with van der Waals surface area (Å²) in [7, 11) is 0. The number of nitrogens with zero attached hydrogens (tertiary/aromatic N) is 1. The van der Waals surface area contributed by atoms with Gasteiger partial charge in [-0.05, 0) is 36.8 Å². The molecule has 4 nitrogen and oxygen atoms in total. The smallest absolute Gasteiger partial charge is 0.171 e. The van der Waals surface area contributed by atoms with Crippen LogP contribution in [0.3, 0.4) is 0 Å². The number of pyridine rings is 1. The highest BCUT2D eigenvalue weighted by Crippen LogP contribution is 2.38. The lowest BCUT2D eigenvalue weighted by Gasteiger charge is -2.27. The van der Waals surface area contributed by atoms with Crippen molar-refractivity contribution >= 4 is 10.9 Å². The first-order valence-corrected chi connectivity index (χ1v) is 8.11. The average molecular weight is 321 g/mol. The molecule has 0 saturated heterocycles. The molecule has 0 fully saturated rings. The Morgan fingerprint density at radius 3 is 2.83 bits per heavy atom. The van der Waals surface area contributed by atoms with E-state index < -0.39 is 0 Å². The Labute approximate surface area is 141 Å². The molecule has 2 aromatic carbocycles. The quantitative estimate of drug-likeness (QED) is 0.731. The van der Waals surface area contributed by atoms with Crippen molar-refractivity contribution in [2.24, 2.45) is 0 Å². The highest BCUT2D eigenvalue weighted by atomic mass is 16.6. The van der Waals surface area contributed by atoms with Crippen LogP contribution in [-0.4, -0.2) is 24.3 Å². The predicted octanol–water partition coefficient (Wildman–Crippen LogP) is 3.90. The molecule has 0 amide bonds. The van der Waals surface area contributed by atoms with Crippen molar-refractivity contribution in [2.45, 2.75) is 19.6 Å². The second-order valence-electron chi connectivity index (χ2n) is 5.96. The summed E-state index contributed by atoms with van der Waals surface area (Å²) >= 11 is 0. The Morgan fingerprint density at radius 1 is 1.08 bits per heavy atom. The minimum atomic E-state index is -0.117. The van der Waals surface area contributed by atoms with E-state index in [0.29, 0.717) is 19.8 Å². The van der Waals surface area contributed by atoms with Crippen molar-refractivity contribution in [3.8, 4) is 11.5 Å². The minimum Gasteiger partial charge on any atom is -0.486 e. The zero-order valence-corrected chi connectivity index (χ0v) is 13.6. The van der Waals surface area contributed by atoms with Gasteiger partial charge in [0.05, 0.1) is 18.7 Å². The molecule has 122 valence electrons. The Balaban J connectivity index is 1.46. The molecule has 24 heavy (non-hydrogen) atoms. The van der Waals surface area contributed by atoms with Gasteiger partial charge in [-0.1, -0.05) is 30.3 Å². The maximum absolute atomic E-state index is 6.13. The van der Waals surface area contributed by atoms with Crippen LogP contribution in [0.4, 0.5) is 0 Å². The molecule has 0 spiro atoms. The zero-order valence-electron chi connectivity index (χ0n) is 13.6. The van der Waals surface area contributed by atoms with Crippen molar-refractivity contribution < 1.29 is 14.2 Å². The van der Waals surface area contributed by atoms with Crippen molar-refractivity contribution in [1.82, 2.24) is 4.98 Å². The Hall–Kier alpha value is -2.59. The fourth-order valence-electron chi connectivity index (χ4n) is 2.84. The van der Waals surface area contributed by atoms with Crippen molar-refractivity contribution in [3.05, 3.63) is 65.9 Å². The van der Waals surface area contributed by atoms with Crippen LogP contribution in [0.5, 0.6) is 11.5 Å². The molecule has 0 radical (unpaired) electrons. The topological polar surface area (TPSA) is 40.6 Å². The van der Waals surface area contributed by atoms with E-state index in [-0.39, 0.29) is 6.10 Å². The zero-order chi connectivity index (χ0) is 16.4.